The van der Waals surface area contributed by atoms with E-state index in [2.05, 4.69) is 20.5 Å². The van der Waals surface area contributed by atoms with E-state index in [-0.39, 0.29) is 17.1 Å². The van der Waals surface area contributed by atoms with Crippen molar-refractivity contribution < 1.29 is 22.8 Å². The number of anilines is 1. The Morgan fingerprint density at radius 3 is 2.32 bits per heavy atom. The standard InChI is InChI=1S/C17H12F3N5O2S/c18-17(19,20)8-21-15(26)11-3-1-10(2-4-11)12-5-6-14(25-24-12)23-16(27)13-7-28-9-22-13/h1-7,9H,8H2,(H,21,26)(H,23,25,27). The molecule has 3 aromatic rings. The van der Waals surface area contributed by atoms with Crippen LogP contribution in [0, 0.1) is 0 Å². The minimum atomic E-state index is -4.47. The van der Waals surface area contributed by atoms with Gasteiger partial charge in [-0.3, -0.25) is 9.59 Å². The predicted molar refractivity (Wildman–Crippen MR) is 95.9 cm³/mol. The number of hydrogen-bond acceptors (Lipinski definition) is 6. The van der Waals surface area contributed by atoms with Crippen LogP contribution in [0.2, 0.25) is 0 Å². The molecule has 2 amide bonds. The highest BCUT2D eigenvalue weighted by molar-refractivity contribution is 7.07. The van der Waals surface area contributed by atoms with Gasteiger partial charge < -0.3 is 10.6 Å². The molecule has 144 valence electrons. The summed E-state index contributed by atoms with van der Waals surface area (Å²) >= 11 is 1.29. The van der Waals surface area contributed by atoms with E-state index in [0.717, 1.165) is 0 Å². The van der Waals surface area contributed by atoms with Gasteiger partial charge in [0, 0.05) is 16.5 Å². The molecule has 3 rings (SSSR count). The van der Waals surface area contributed by atoms with Gasteiger partial charge in [0.25, 0.3) is 11.8 Å². The number of carbonyl (C=O) groups excluding carboxylic acids is 2. The summed E-state index contributed by atoms with van der Waals surface area (Å²) in [7, 11) is 0. The fraction of sp³-hybridized carbons (Fsp3) is 0.118. The molecule has 28 heavy (non-hydrogen) atoms. The number of hydrogen-bond donors (Lipinski definition) is 2. The summed E-state index contributed by atoms with van der Waals surface area (Å²) in [5, 5.41) is 13.9. The first kappa shape index (κ1) is 19.4. The van der Waals surface area contributed by atoms with Crippen molar-refractivity contribution in [3.63, 3.8) is 0 Å². The van der Waals surface area contributed by atoms with E-state index in [4.69, 9.17) is 0 Å². The third-order valence-corrected chi connectivity index (χ3v) is 4.05. The van der Waals surface area contributed by atoms with E-state index in [9.17, 15) is 22.8 Å². The Balaban J connectivity index is 1.64. The van der Waals surface area contributed by atoms with Crippen molar-refractivity contribution in [2.75, 3.05) is 11.9 Å². The van der Waals surface area contributed by atoms with Crippen molar-refractivity contribution in [3.05, 3.63) is 58.5 Å². The minimum Gasteiger partial charge on any atom is -0.343 e. The van der Waals surface area contributed by atoms with Gasteiger partial charge in [-0.2, -0.15) is 13.2 Å². The molecule has 0 fully saturated rings. The molecule has 2 N–H and O–H groups in total. The SMILES string of the molecule is O=C(NCC(F)(F)F)c1ccc(-c2ccc(NC(=O)c3cscn3)nn2)cc1. The highest BCUT2D eigenvalue weighted by Crippen LogP contribution is 2.19. The van der Waals surface area contributed by atoms with E-state index in [0.29, 0.717) is 11.3 Å². The average molecular weight is 407 g/mol. The largest absolute Gasteiger partial charge is 0.405 e. The van der Waals surface area contributed by atoms with Crippen molar-refractivity contribution in [1.82, 2.24) is 20.5 Å². The Kier molecular flexibility index (Phi) is 5.64. The third-order valence-electron chi connectivity index (χ3n) is 3.46. The fourth-order valence-corrected chi connectivity index (χ4v) is 2.66. The van der Waals surface area contributed by atoms with Crippen LogP contribution in [0.25, 0.3) is 11.3 Å². The number of halogens is 3. The van der Waals surface area contributed by atoms with Gasteiger partial charge in [-0.15, -0.1) is 21.5 Å². The van der Waals surface area contributed by atoms with Crippen LogP contribution in [-0.2, 0) is 0 Å². The number of amides is 2. The number of thiazole rings is 1. The maximum atomic E-state index is 12.1. The Hall–Kier alpha value is -3.34. The molecule has 0 spiro atoms. The van der Waals surface area contributed by atoms with Crippen LogP contribution in [0.4, 0.5) is 19.0 Å². The molecule has 0 unspecified atom stereocenters. The van der Waals surface area contributed by atoms with E-state index >= 15 is 0 Å². The number of nitrogens with zero attached hydrogens (tertiary/aromatic N) is 3. The van der Waals surface area contributed by atoms with Gasteiger partial charge in [0.15, 0.2) is 5.82 Å². The summed E-state index contributed by atoms with van der Waals surface area (Å²) in [5.74, 6) is -0.988. The fourth-order valence-electron chi connectivity index (χ4n) is 2.13. The van der Waals surface area contributed by atoms with Crippen molar-refractivity contribution in [2.24, 2.45) is 0 Å². The Bertz CT molecular complexity index is 958. The van der Waals surface area contributed by atoms with Gasteiger partial charge in [0.1, 0.15) is 12.2 Å². The van der Waals surface area contributed by atoms with Crippen LogP contribution in [0.5, 0.6) is 0 Å². The second-order valence-electron chi connectivity index (χ2n) is 5.51. The maximum absolute atomic E-state index is 12.1. The second-order valence-corrected chi connectivity index (χ2v) is 6.23. The molecule has 11 heteroatoms. The zero-order chi connectivity index (χ0) is 20.1. The van der Waals surface area contributed by atoms with Crippen LogP contribution in [-0.4, -0.2) is 39.7 Å². The summed E-state index contributed by atoms with van der Waals surface area (Å²) in [6.45, 7) is -1.40. The molecular formula is C17H12F3N5O2S. The van der Waals surface area contributed by atoms with Crippen molar-refractivity contribution in [3.8, 4) is 11.3 Å². The average Bonchev–Trinajstić information content (AvgIpc) is 3.21. The topological polar surface area (TPSA) is 96.9 Å². The normalized spacial score (nSPS) is 11.1. The van der Waals surface area contributed by atoms with Gasteiger partial charge >= 0.3 is 6.18 Å². The van der Waals surface area contributed by atoms with E-state index in [1.807, 2.05) is 0 Å². The van der Waals surface area contributed by atoms with Crippen LogP contribution in [0.3, 0.4) is 0 Å². The van der Waals surface area contributed by atoms with Crippen molar-refractivity contribution in [2.45, 2.75) is 6.18 Å². The zero-order valence-electron chi connectivity index (χ0n) is 14.0. The summed E-state index contributed by atoms with van der Waals surface area (Å²) in [4.78, 5) is 27.5. The molecule has 0 aliphatic carbocycles. The molecule has 1 aromatic carbocycles. The van der Waals surface area contributed by atoms with Crippen molar-refractivity contribution in [1.29, 1.82) is 0 Å². The molecule has 0 saturated heterocycles. The predicted octanol–water partition coefficient (Wildman–Crippen LogP) is 3.14. The Labute approximate surface area is 160 Å². The number of nitrogens with one attached hydrogen (secondary N) is 2. The number of alkyl halides is 3. The minimum absolute atomic E-state index is 0.0908. The molecule has 7 nitrogen and oxygen atoms in total. The smallest absolute Gasteiger partial charge is 0.343 e. The number of carbonyl (C=O) groups is 2. The quantitative estimate of drug-likeness (QED) is 0.677. The van der Waals surface area contributed by atoms with Crippen LogP contribution < -0.4 is 10.6 Å². The molecule has 0 atom stereocenters. The van der Waals surface area contributed by atoms with Crippen LogP contribution in [0.15, 0.2) is 47.3 Å². The van der Waals surface area contributed by atoms with E-state index in [1.54, 1.807) is 35.0 Å². The second kappa shape index (κ2) is 8.13. The molecule has 0 aliphatic rings. The van der Waals surface area contributed by atoms with Crippen LogP contribution >= 0.6 is 11.3 Å². The highest BCUT2D eigenvalue weighted by Gasteiger charge is 2.27. The van der Waals surface area contributed by atoms with E-state index < -0.39 is 24.5 Å². The number of aromatic nitrogens is 3. The van der Waals surface area contributed by atoms with Gasteiger partial charge in [-0.1, -0.05) is 12.1 Å². The zero-order valence-corrected chi connectivity index (χ0v) is 14.8. The molecule has 2 aromatic heterocycles. The lowest BCUT2D eigenvalue weighted by Crippen LogP contribution is -2.33. The van der Waals surface area contributed by atoms with Gasteiger partial charge in [0.2, 0.25) is 0 Å². The third kappa shape index (κ3) is 5.10. The van der Waals surface area contributed by atoms with Crippen molar-refractivity contribution >= 4 is 29.0 Å². The summed E-state index contributed by atoms with van der Waals surface area (Å²) in [6.07, 6.45) is -4.47. The van der Waals surface area contributed by atoms with E-state index in [1.165, 1.54) is 29.0 Å². The first-order chi connectivity index (χ1) is 13.3. The Morgan fingerprint density at radius 1 is 1.00 bits per heavy atom. The van der Waals surface area contributed by atoms with Gasteiger partial charge in [0.05, 0.1) is 11.2 Å². The number of rotatable bonds is 5. The molecule has 0 radical (unpaired) electrons. The highest BCUT2D eigenvalue weighted by atomic mass is 32.1. The molecule has 0 aliphatic heterocycles. The lowest BCUT2D eigenvalue weighted by atomic mass is 10.1. The monoisotopic (exact) mass is 407 g/mol. The number of benzene rings is 1. The summed E-state index contributed by atoms with van der Waals surface area (Å²) < 4.78 is 36.4. The van der Waals surface area contributed by atoms with Gasteiger partial charge in [-0.05, 0) is 24.3 Å². The van der Waals surface area contributed by atoms with Gasteiger partial charge in [-0.25, -0.2) is 4.98 Å². The summed E-state index contributed by atoms with van der Waals surface area (Å²) in [5.41, 5.74) is 2.98. The lowest BCUT2D eigenvalue weighted by molar-refractivity contribution is -0.123. The first-order valence-electron chi connectivity index (χ1n) is 7.80. The molecule has 0 bridgehead atoms. The molecule has 0 saturated carbocycles. The first-order valence-corrected chi connectivity index (χ1v) is 8.75. The lowest BCUT2D eigenvalue weighted by Gasteiger charge is -2.08. The Morgan fingerprint density at radius 2 is 1.75 bits per heavy atom. The molecule has 2 heterocycles. The molecular weight excluding hydrogens is 395 g/mol. The maximum Gasteiger partial charge on any atom is 0.405 e. The van der Waals surface area contributed by atoms with Crippen LogP contribution in [0.1, 0.15) is 20.8 Å². The summed E-state index contributed by atoms with van der Waals surface area (Å²) in [6, 6.07) is 9.03.